The maximum atomic E-state index is 12.1. The number of ether oxygens (including phenoxy) is 1. The summed E-state index contributed by atoms with van der Waals surface area (Å²) in [6, 6.07) is 16.7. The third kappa shape index (κ3) is 4.09. The summed E-state index contributed by atoms with van der Waals surface area (Å²) in [6.07, 6.45) is -0.535. The lowest BCUT2D eigenvalue weighted by Gasteiger charge is -2.15. The Labute approximate surface area is 135 Å². The van der Waals surface area contributed by atoms with Crippen LogP contribution >= 0.6 is 0 Å². The average molecular weight is 312 g/mol. The Bertz CT molecular complexity index is 643. The van der Waals surface area contributed by atoms with Crippen LogP contribution in [0.5, 0.6) is 5.75 Å². The van der Waals surface area contributed by atoms with Crippen molar-refractivity contribution >= 4 is 5.91 Å². The van der Waals surface area contributed by atoms with Crippen LogP contribution in [0.2, 0.25) is 0 Å². The molecule has 2 atom stereocenters. The zero-order chi connectivity index (χ0) is 16.1. The van der Waals surface area contributed by atoms with E-state index in [0.29, 0.717) is 31.0 Å². The maximum absolute atomic E-state index is 12.1. The minimum absolute atomic E-state index is 0.188. The van der Waals surface area contributed by atoms with Gasteiger partial charge in [0.05, 0.1) is 12.1 Å². The van der Waals surface area contributed by atoms with Crippen LogP contribution in [0.1, 0.15) is 15.9 Å². The topological polar surface area (TPSA) is 70.6 Å². The summed E-state index contributed by atoms with van der Waals surface area (Å²) in [5, 5.41) is 15.6. The first-order valence-electron chi connectivity index (χ1n) is 7.69. The van der Waals surface area contributed by atoms with Gasteiger partial charge in [0.15, 0.2) is 0 Å². The average Bonchev–Trinajstić information content (AvgIpc) is 2.99. The summed E-state index contributed by atoms with van der Waals surface area (Å²) >= 11 is 0. The maximum Gasteiger partial charge on any atom is 0.251 e. The number of benzene rings is 2. The molecule has 3 rings (SSSR count). The van der Waals surface area contributed by atoms with Crippen molar-refractivity contribution < 1.29 is 14.6 Å². The number of amides is 1. The van der Waals surface area contributed by atoms with Gasteiger partial charge in [-0.05, 0) is 29.8 Å². The van der Waals surface area contributed by atoms with Crippen LogP contribution in [0, 0.1) is 0 Å². The highest BCUT2D eigenvalue weighted by atomic mass is 16.5. The van der Waals surface area contributed by atoms with Gasteiger partial charge in [0.25, 0.3) is 5.91 Å². The van der Waals surface area contributed by atoms with Gasteiger partial charge in [0.2, 0.25) is 0 Å². The van der Waals surface area contributed by atoms with E-state index in [1.165, 1.54) is 0 Å². The molecule has 1 heterocycles. The van der Waals surface area contributed by atoms with E-state index in [1.54, 1.807) is 24.3 Å². The quantitative estimate of drug-likeness (QED) is 0.779. The second-order valence-corrected chi connectivity index (χ2v) is 5.60. The molecular weight excluding hydrogens is 292 g/mol. The van der Waals surface area contributed by atoms with Gasteiger partial charge in [-0.3, -0.25) is 4.79 Å². The molecule has 23 heavy (non-hydrogen) atoms. The minimum Gasteiger partial charge on any atom is -0.489 e. The number of aliphatic hydroxyl groups is 1. The summed E-state index contributed by atoms with van der Waals surface area (Å²) in [5.74, 6) is 0.528. The van der Waals surface area contributed by atoms with Crippen molar-refractivity contribution in [2.45, 2.75) is 18.8 Å². The smallest absolute Gasteiger partial charge is 0.251 e. The number of nitrogens with one attached hydrogen (secondary N) is 2. The van der Waals surface area contributed by atoms with Gasteiger partial charge in [-0.1, -0.05) is 30.3 Å². The Balaban J connectivity index is 1.55. The van der Waals surface area contributed by atoms with E-state index in [9.17, 15) is 9.90 Å². The van der Waals surface area contributed by atoms with Crippen molar-refractivity contribution in [2.24, 2.45) is 0 Å². The van der Waals surface area contributed by atoms with Crippen LogP contribution in [0.4, 0.5) is 0 Å². The predicted molar refractivity (Wildman–Crippen MR) is 87.3 cm³/mol. The lowest BCUT2D eigenvalue weighted by Crippen LogP contribution is -2.42. The Morgan fingerprint density at radius 1 is 1.13 bits per heavy atom. The van der Waals surface area contributed by atoms with E-state index < -0.39 is 6.10 Å². The van der Waals surface area contributed by atoms with Gasteiger partial charge in [-0.25, -0.2) is 0 Å². The van der Waals surface area contributed by atoms with Crippen molar-refractivity contribution in [3.63, 3.8) is 0 Å². The molecule has 1 aliphatic rings. The van der Waals surface area contributed by atoms with Crippen LogP contribution in [0.3, 0.4) is 0 Å². The summed E-state index contributed by atoms with van der Waals surface area (Å²) in [6.45, 7) is 1.59. The molecule has 3 N–H and O–H groups in total. The van der Waals surface area contributed by atoms with Crippen molar-refractivity contribution in [1.29, 1.82) is 0 Å². The molecule has 0 radical (unpaired) electrons. The fourth-order valence-corrected chi connectivity index (χ4v) is 2.51. The van der Waals surface area contributed by atoms with E-state index in [1.807, 2.05) is 30.3 Å². The number of rotatable bonds is 5. The Morgan fingerprint density at radius 3 is 2.52 bits per heavy atom. The first-order valence-corrected chi connectivity index (χ1v) is 7.69. The molecule has 2 aromatic carbocycles. The fourth-order valence-electron chi connectivity index (χ4n) is 2.51. The molecule has 0 aromatic heterocycles. The zero-order valence-electron chi connectivity index (χ0n) is 12.7. The van der Waals surface area contributed by atoms with Crippen molar-refractivity contribution in [2.75, 3.05) is 13.1 Å². The first-order chi connectivity index (χ1) is 11.2. The van der Waals surface area contributed by atoms with Crippen LogP contribution in [-0.2, 0) is 6.61 Å². The molecule has 120 valence electrons. The molecule has 0 aliphatic carbocycles. The number of carbonyl (C=O) groups excluding carboxylic acids is 1. The zero-order valence-corrected chi connectivity index (χ0v) is 12.7. The van der Waals surface area contributed by atoms with E-state index >= 15 is 0 Å². The fraction of sp³-hybridized carbons (Fsp3) is 0.278. The van der Waals surface area contributed by atoms with Gasteiger partial charge < -0.3 is 20.5 Å². The Morgan fingerprint density at radius 2 is 1.87 bits per heavy atom. The standard InChI is InChI=1S/C18H20N2O3/c21-17-11-19-10-16(17)20-18(22)14-6-8-15(9-7-14)23-12-13-4-2-1-3-5-13/h1-9,16-17,19,21H,10-12H2,(H,20,22). The minimum atomic E-state index is -0.535. The SMILES string of the molecule is O=C(NC1CNCC1O)c1ccc(OCc2ccccc2)cc1. The van der Waals surface area contributed by atoms with Crippen LogP contribution in [0.25, 0.3) is 0 Å². The number of carbonyl (C=O) groups is 1. The largest absolute Gasteiger partial charge is 0.489 e. The Kier molecular flexibility index (Phi) is 4.90. The highest BCUT2D eigenvalue weighted by Crippen LogP contribution is 2.14. The lowest BCUT2D eigenvalue weighted by atomic mass is 10.1. The number of hydrogen-bond donors (Lipinski definition) is 3. The van der Waals surface area contributed by atoms with Gasteiger partial charge in [0.1, 0.15) is 12.4 Å². The lowest BCUT2D eigenvalue weighted by molar-refractivity contribution is 0.0888. The van der Waals surface area contributed by atoms with Gasteiger partial charge in [0, 0.05) is 18.7 Å². The number of aliphatic hydroxyl groups excluding tert-OH is 1. The molecule has 1 fully saturated rings. The Hall–Kier alpha value is -2.37. The predicted octanol–water partition coefficient (Wildman–Crippen LogP) is 1.33. The van der Waals surface area contributed by atoms with Crippen molar-refractivity contribution in [3.05, 3.63) is 65.7 Å². The van der Waals surface area contributed by atoms with Gasteiger partial charge in [-0.2, -0.15) is 0 Å². The van der Waals surface area contributed by atoms with Crippen LogP contribution in [-0.4, -0.2) is 36.2 Å². The molecule has 2 unspecified atom stereocenters. The number of hydrogen-bond acceptors (Lipinski definition) is 4. The molecule has 2 aromatic rings. The molecule has 5 heteroatoms. The molecule has 0 bridgehead atoms. The first kappa shape index (κ1) is 15.5. The van der Waals surface area contributed by atoms with Crippen molar-refractivity contribution in [3.8, 4) is 5.75 Å². The molecular formula is C18H20N2O3. The number of β-amino-alcohol motifs (C(OH)–C–C–N with tert-alkyl or cyclic N) is 1. The third-order valence-electron chi connectivity index (χ3n) is 3.86. The molecule has 1 amide bonds. The summed E-state index contributed by atoms with van der Waals surface area (Å²) in [7, 11) is 0. The highest BCUT2D eigenvalue weighted by Gasteiger charge is 2.26. The monoisotopic (exact) mass is 312 g/mol. The molecule has 1 saturated heterocycles. The van der Waals surface area contributed by atoms with Gasteiger partial charge in [-0.15, -0.1) is 0 Å². The highest BCUT2D eigenvalue weighted by molar-refractivity contribution is 5.94. The molecule has 1 aliphatic heterocycles. The summed E-state index contributed by atoms with van der Waals surface area (Å²) < 4.78 is 5.70. The van der Waals surface area contributed by atoms with Crippen molar-refractivity contribution in [1.82, 2.24) is 10.6 Å². The van der Waals surface area contributed by atoms with E-state index in [-0.39, 0.29) is 11.9 Å². The summed E-state index contributed by atoms with van der Waals surface area (Å²) in [5.41, 5.74) is 1.65. The third-order valence-corrected chi connectivity index (χ3v) is 3.86. The molecule has 0 saturated carbocycles. The molecule has 5 nitrogen and oxygen atoms in total. The van der Waals surface area contributed by atoms with Gasteiger partial charge >= 0.3 is 0 Å². The van der Waals surface area contributed by atoms with E-state index in [2.05, 4.69) is 10.6 Å². The van der Waals surface area contributed by atoms with Crippen LogP contribution in [0.15, 0.2) is 54.6 Å². The second kappa shape index (κ2) is 7.26. The molecule has 0 spiro atoms. The second-order valence-electron chi connectivity index (χ2n) is 5.60. The van der Waals surface area contributed by atoms with Crippen LogP contribution < -0.4 is 15.4 Å². The normalized spacial score (nSPS) is 20.2. The van der Waals surface area contributed by atoms with E-state index in [0.717, 1.165) is 5.56 Å². The van der Waals surface area contributed by atoms with E-state index in [4.69, 9.17) is 4.74 Å². The summed E-state index contributed by atoms with van der Waals surface area (Å²) in [4.78, 5) is 12.1.